The molecule has 1 saturated heterocycles. The number of alkyl halides is 3. The number of nitrogens with one attached hydrogen (secondary N) is 1. The molecule has 1 N–H and O–H groups in total. The largest absolute Gasteiger partial charge is 0.418 e. The van der Waals surface area contributed by atoms with Crippen LogP contribution in [0, 0.1) is 0 Å². The highest BCUT2D eigenvalue weighted by atomic mass is 19.4. The van der Waals surface area contributed by atoms with Gasteiger partial charge in [-0.05, 0) is 25.0 Å². The molecule has 5 nitrogen and oxygen atoms in total. The van der Waals surface area contributed by atoms with Gasteiger partial charge >= 0.3 is 6.18 Å². The van der Waals surface area contributed by atoms with Crippen molar-refractivity contribution in [1.82, 2.24) is 4.90 Å². The Morgan fingerprint density at radius 3 is 2.65 bits per heavy atom. The van der Waals surface area contributed by atoms with Crippen molar-refractivity contribution in [1.29, 1.82) is 0 Å². The number of carbonyl (C=O) groups is 2. The van der Waals surface area contributed by atoms with Gasteiger partial charge in [0.1, 0.15) is 6.10 Å². The van der Waals surface area contributed by atoms with Gasteiger partial charge in [0.15, 0.2) is 0 Å². The molecule has 2 amide bonds. The minimum Gasteiger partial charge on any atom is -0.368 e. The summed E-state index contributed by atoms with van der Waals surface area (Å²) < 4.78 is 43.8. The number of hydrogen-bond donors (Lipinski definition) is 1. The van der Waals surface area contributed by atoms with Gasteiger partial charge in [0.25, 0.3) is 5.91 Å². The van der Waals surface area contributed by atoms with Gasteiger partial charge in [0.05, 0.1) is 17.8 Å². The van der Waals surface area contributed by atoms with Crippen LogP contribution < -0.4 is 5.32 Å². The first kappa shape index (κ1) is 17.3. The molecule has 8 heteroatoms. The summed E-state index contributed by atoms with van der Waals surface area (Å²) in [5, 5.41) is 2.20. The SMILES string of the molecule is CN(CC(=O)Nc1ccccc1C(F)(F)F)C(=O)C1CCCO1. The molecular weight excluding hydrogens is 313 g/mol. The van der Waals surface area contributed by atoms with Crippen molar-refractivity contribution in [2.45, 2.75) is 25.1 Å². The molecule has 1 fully saturated rings. The number of nitrogens with zero attached hydrogens (tertiary/aromatic N) is 1. The highest BCUT2D eigenvalue weighted by Crippen LogP contribution is 2.34. The van der Waals surface area contributed by atoms with Gasteiger partial charge < -0.3 is 15.0 Å². The summed E-state index contributed by atoms with van der Waals surface area (Å²) in [4.78, 5) is 25.1. The lowest BCUT2D eigenvalue weighted by atomic mass is 10.1. The summed E-state index contributed by atoms with van der Waals surface area (Å²) in [6.07, 6.45) is -3.78. The van der Waals surface area contributed by atoms with Crippen LogP contribution in [0.2, 0.25) is 0 Å². The molecule has 0 aliphatic carbocycles. The lowest BCUT2D eigenvalue weighted by molar-refractivity contribution is -0.141. The third-order valence-electron chi connectivity index (χ3n) is 3.47. The molecule has 0 spiro atoms. The number of para-hydroxylation sites is 1. The van der Waals surface area contributed by atoms with Crippen molar-refractivity contribution in [3.63, 3.8) is 0 Å². The van der Waals surface area contributed by atoms with Gasteiger partial charge in [-0.1, -0.05) is 12.1 Å². The fraction of sp³-hybridized carbons (Fsp3) is 0.467. The third kappa shape index (κ3) is 4.44. The minimum atomic E-state index is -4.57. The average Bonchev–Trinajstić information content (AvgIpc) is 2.99. The normalized spacial score (nSPS) is 17.8. The van der Waals surface area contributed by atoms with Crippen molar-refractivity contribution in [3.8, 4) is 0 Å². The Bertz CT molecular complexity index is 584. The zero-order valence-electron chi connectivity index (χ0n) is 12.5. The number of halogens is 3. The smallest absolute Gasteiger partial charge is 0.368 e. The maximum atomic E-state index is 12.9. The van der Waals surface area contributed by atoms with Crippen LogP contribution in [-0.2, 0) is 20.5 Å². The van der Waals surface area contributed by atoms with E-state index in [1.165, 1.54) is 25.2 Å². The van der Waals surface area contributed by atoms with E-state index in [2.05, 4.69) is 5.32 Å². The van der Waals surface area contributed by atoms with Crippen molar-refractivity contribution < 1.29 is 27.5 Å². The zero-order chi connectivity index (χ0) is 17.0. The predicted octanol–water partition coefficient (Wildman–Crippen LogP) is 2.28. The lowest BCUT2D eigenvalue weighted by Gasteiger charge is -2.20. The van der Waals surface area contributed by atoms with Crippen LogP contribution in [0.3, 0.4) is 0 Å². The zero-order valence-corrected chi connectivity index (χ0v) is 12.5. The number of likely N-dealkylation sites (N-methyl/N-ethyl adjacent to an activating group) is 1. The van der Waals surface area contributed by atoms with Gasteiger partial charge in [0, 0.05) is 13.7 Å². The predicted molar refractivity (Wildman–Crippen MR) is 76.7 cm³/mol. The van der Waals surface area contributed by atoms with E-state index in [0.29, 0.717) is 13.0 Å². The monoisotopic (exact) mass is 330 g/mol. The molecule has 0 radical (unpaired) electrons. The first-order valence-electron chi connectivity index (χ1n) is 7.11. The van der Waals surface area contributed by atoms with Crippen LogP contribution in [0.5, 0.6) is 0 Å². The highest BCUT2D eigenvalue weighted by molar-refractivity contribution is 5.95. The molecule has 1 atom stereocenters. The van der Waals surface area contributed by atoms with E-state index in [1.807, 2.05) is 0 Å². The molecule has 0 aromatic heterocycles. The summed E-state index contributed by atoms with van der Waals surface area (Å²) in [5.74, 6) is -1.04. The molecule has 2 rings (SSSR count). The quantitative estimate of drug-likeness (QED) is 0.921. The first-order valence-corrected chi connectivity index (χ1v) is 7.11. The highest BCUT2D eigenvalue weighted by Gasteiger charge is 2.34. The van der Waals surface area contributed by atoms with Gasteiger partial charge in [-0.3, -0.25) is 9.59 Å². The van der Waals surface area contributed by atoms with E-state index in [1.54, 1.807) is 0 Å². The number of hydrogen-bond acceptors (Lipinski definition) is 3. The van der Waals surface area contributed by atoms with E-state index in [-0.39, 0.29) is 18.1 Å². The molecule has 1 unspecified atom stereocenters. The van der Waals surface area contributed by atoms with Crippen LogP contribution in [0.4, 0.5) is 18.9 Å². The molecular formula is C15H17F3N2O3. The van der Waals surface area contributed by atoms with Gasteiger partial charge in [0.2, 0.25) is 5.91 Å². The number of benzene rings is 1. The Kier molecular flexibility index (Phi) is 5.25. The topological polar surface area (TPSA) is 58.6 Å². The van der Waals surface area contributed by atoms with Crippen LogP contribution in [0.15, 0.2) is 24.3 Å². The fourth-order valence-corrected chi connectivity index (χ4v) is 2.34. The molecule has 1 aromatic rings. The molecule has 1 heterocycles. The molecule has 126 valence electrons. The first-order chi connectivity index (χ1) is 10.8. The number of ether oxygens (including phenoxy) is 1. The molecule has 0 saturated carbocycles. The summed E-state index contributed by atoms with van der Waals surface area (Å²) in [6, 6.07) is 4.69. The van der Waals surface area contributed by atoms with E-state index < -0.39 is 23.8 Å². The van der Waals surface area contributed by atoms with E-state index in [9.17, 15) is 22.8 Å². The molecule has 1 aromatic carbocycles. The Morgan fingerprint density at radius 1 is 1.35 bits per heavy atom. The minimum absolute atomic E-state index is 0.331. The third-order valence-corrected chi connectivity index (χ3v) is 3.47. The molecule has 0 bridgehead atoms. The standard InChI is InChI=1S/C15H17F3N2O3/c1-20(14(22)12-7-4-8-23-12)9-13(21)19-11-6-3-2-5-10(11)15(16,17)18/h2-3,5-6,12H,4,7-9H2,1H3,(H,19,21). The second kappa shape index (κ2) is 6.99. The second-order valence-corrected chi connectivity index (χ2v) is 5.29. The summed E-state index contributed by atoms with van der Waals surface area (Å²) >= 11 is 0. The Morgan fingerprint density at radius 2 is 2.04 bits per heavy atom. The summed E-state index contributed by atoms with van der Waals surface area (Å²) in [6.45, 7) is 0.153. The summed E-state index contributed by atoms with van der Waals surface area (Å²) in [5.41, 5.74) is -1.26. The van der Waals surface area contributed by atoms with Gasteiger partial charge in [-0.15, -0.1) is 0 Å². The van der Waals surface area contributed by atoms with Crippen molar-refractivity contribution >= 4 is 17.5 Å². The fourth-order valence-electron chi connectivity index (χ4n) is 2.34. The van der Waals surface area contributed by atoms with Crippen molar-refractivity contribution in [2.75, 3.05) is 25.5 Å². The van der Waals surface area contributed by atoms with E-state index in [0.717, 1.165) is 17.4 Å². The number of carbonyl (C=O) groups excluding carboxylic acids is 2. The average molecular weight is 330 g/mol. The van der Waals surface area contributed by atoms with Gasteiger partial charge in [-0.25, -0.2) is 0 Å². The molecule has 23 heavy (non-hydrogen) atoms. The van der Waals surface area contributed by atoms with Gasteiger partial charge in [-0.2, -0.15) is 13.2 Å². The number of anilines is 1. The summed E-state index contributed by atoms with van der Waals surface area (Å²) in [7, 11) is 1.42. The Balaban J connectivity index is 1.98. The van der Waals surface area contributed by atoms with E-state index in [4.69, 9.17) is 4.74 Å². The number of amides is 2. The maximum Gasteiger partial charge on any atom is 0.418 e. The van der Waals surface area contributed by atoms with Crippen molar-refractivity contribution in [2.24, 2.45) is 0 Å². The van der Waals surface area contributed by atoms with E-state index >= 15 is 0 Å². The second-order valence-electron chi connectivity index (χ2n) is 5.29. The Labute approximate surface area is 131 Å². The van der Waals surface area contributed by atoms with Crippen LogP contribution in [-0.4, -0.2) is 43.0 Å². The molecule has 1 aliphatic heterocycles. The lowest BCUT2D eigenvalue weighted by Crippen LogP contribution is -2.40. The van der Waals surface area contributed by atoms with Crippen molar-refractivity contribution in [3.05, 3.63) is 29.8 Å². The van der Waals surface area contributed by atoms with Crippen LogP contribution >= 0.6 is 0 Å². The molecule has 1 aliphatic rings. The maximum absolute atomic E-state index is 12.9. The number of rotatable bonds is 4. The Hall–Kier alpha value is -2.09. The van der Waals surface area contributed by atoms with Crippen LogP contribution in [0.1, 0.15) is 18.4 Å². The van der Waals surface area contributed by atoms with Crippen LogP contribution in [0.25, 0.3) is 0 Å².